The van der Waals surface area contributed by atoms with Crippen LogP contribution < -0.4 is 4.74 Å². The first-order chi connectivity index (χ1) is 9.06. The highest BCUT2D eigenvalue weighted by atomic mass is 19.1. The first-order valence-electron chi connectivity index (χ1n) is 6.32. The lowest BCUT2D eigenvalue weighted by atomic mass is 10.2. The first-order valence-corrected chi connectivity index (χ1v) is 6.32. The van der Waals surface area contributed by atoms with Crippen molar-refractivity contribution in [3.63, 3.8) is 0 Å². The largest absolute Gasteiger partial charge is 0.485 e. The van der Waals surface area contributed by atoms with Gasteiger partial charge < -0.3 is 4.74 Å². The Bertz CT molecular complexity index is 551. The summed E-state index contributed by atoms with van der Waals surface area (Å²) in [5.74, 6) is 1.68. The molecule has 19 heavy (non-hydrogen) atoms. The van der Waals surface area contributed by atoms with Gasteiger partial charge in [-0.15, -0.1) is 0 Å². The predicted molar refractivity (Wildman–Crippen MR) is 70.3 cm³/mol. The number of aromatic nitrogens is 3. The van der Waals surface area contributed by atoms with Crippen LogP contribution in [0.2, 0.25) is 0 Å². The van der Waals surface area contributed by atoms with Gasteiger partial charge in [0.2, 0.25) is 0 Å². The lowest BCUT2D eigenvalue weighted by Crippen LogP contribution is -2.12. The van der Waals surface area contributed by atoms with E-state index in [1.165, 1.54) is 18.5 Å². The maximum Gasteiger partial charge on any atom is 0.164 e. The van der Waals surface area contributed by atoms with Crippen LogP contribution >= 0.6 is 0 Å². The van der Waals surface area contributed by atoms with E-state index in [1.807, 2.05) is 11.6 Å². The van der Waals surface area contributed by atoms with Gasteiger partial charge in [0.05, 0.1) is 0 Å². The predicted octanol–water partition coefficient (Wildman–Crippen LogP) is 2.96. The highest BCUT2D eigenvalue weighted by Crippen LogP contribution is 2.19. The Kier molecular flexibility index (Phi) is 4.14. The van der Waals surface area contributed by atoms with E-state index in [0.717, 1.165) is 17.9 Å². The second-order valence-corrected chi connectivity index (χ2v) is 4.95. The van der Waals surface area contributed by atoms with E-state index in [-0.39, 0.29) is 5.82 Å². The Hall–Kier alpha value is -1.91. The molecule has 0 N–H and O–H groups in total. The third-order valence-electron chi connectivity index (χ3n) is 2.73. The molecule has 0 saturated carbocycles. The first kappa shape index (κ1) is 13.5. The number of hydrogen-bond acceptors (Lipinski definition) is 3. The van der Waals surface area contributed by atoms with Gasteiger partial charge in [0.15, 0.2) is 5.82 Å². The topological polar surface area (TPSA) is 39.9 Å². The van der Waals surface area contributed by atoms with Gasteiger partial charge in [0.1, 0.15) is 24.5 Å². The molecule has 0 atom stereocenters. The molecule has 0 fully saturated rings. The van der Waals surface area contributed by atoms with Crippen molar-refractivity contribution in [2.45, 2.75) is 33.9 Å². The number of benzene rings is 1. The molecule has 1 heterocycles. The third-order valence-corrected chi connectivity index (χ3v) is 2.73. The molecule has 0 unspecified atom stereocenters. The Morgan fingerprint density at radius 2 is 2.16 bits per heavy atom. The average Bonchev–Trinajstić information content (AvgIpc) is 2.74. The highest BCUT2D eigenvalue weighted by Gasteiger charge is 2.08. The SMILES string of the molecule is Cc1cc(F)ccc1OCc1ncnn1CC(C)C. The molecule has 2 rings (SSSR count). The molecular weight excluding hydrogens is 245 g/mol. The van der Waals surface area contributed by atoms with Gasteiger partial charge in [-0.05, 0) is 36.6 Å². The van der Waals surface area contributed by atoms with Crippen molar-refractivity contribution >= 4 is 0 Å². The van der Waals surface area contributed by atoms with Crippen LogP contribution in [0, 0.1) is 18.7 Å². The molecule has 0 aliphatic carbocycles. The minimum absolute atomic E-state index is 0.257. The van der Waals surface area contributed by atoms with Gasteiger partial charge >= 0.3 is 0 Å². The maximum atomic E-state index is 13.0. The van der Waals surface area contributed by atoms with E-state index in [1.54, 1.807) is 6.07 Å². The minimum Gasteiger partial charge on any atom is -0.485 e. The number of aryl methyl sites for hydroxylation is 1. The van der Waals surface area contributed by atoms with Gasteiger partial charge in [0, 0.05) is 6.54 Å². The molecule has 102 valence electrons. The normalized spacial score (nSPS) is 11.0. The molecule has 0 spiro atoms. The van der Waals surface area contributed by atoms with Crippen LogP contribution in [-0.2, 0) is 13.2 Å². The summed E-state index contributed by atoms with van der Waals surface area (Å²) in [7, 11) is 0. The van der Waals surface area contributed by atoms with Crippen molar-refractivity contribution in [2.75, 3.05) is 0 Å². The van der Waals surface area contributed by atoms with Gasteiger partial charge in [-0.3, -0.25) is 0 Å². The van der Waals surface area contributed by atoms with Crippen LogP contribution in [0.3, 0.4) is 0 Å². The molecule has 0 saturated heterocycles. The summed E-state index contributed by atoms with van der Waals surface area (Å²) in [6.07, 6.45) is 1.53. The molecular formula is C14H18FN3O. The quantitative estimate of drug-likeness (QED) is 0.832. The standard InChI is InChI=1S/C14H18FN3O/c1-10(2)7-18-14(16-9-17-18)8-19-13-5-4-12(15)6-11(13)3/h4-6,9-10H,7-8H2,1-3H3. The highest BCUT2D eigenvalue weighted by molar-refractivity contribution is 5.32. The Morgan fingerprint density at radius 3 is 2.84 bits per heavy atom. The molecule has 1 aromatic heterocycles. The van der Waals surface area contributed by atoms with E-state index in [4.69, 9.17) is 4.74 Å². The lowest BCUT2D eigenvalue weighted by Gasteiger charge is -2.11. The van der Waals surface area contributed by atoms with Crippen molar-refractivity contribution in [3.8, 4) is 5.75 Å². The van der Waals surface area contributed by atoms with E-state index < -0.39 is 0 Å². The molecule has 5 heteroatoms. The number of ether oxygens (including phenoxy) is 1. The minimum atomic E-state index is -0.257. The summed E-state index contributed by atoms with van der Waals surface area (Å²) in [5, 5.41) is 4.17. The van der Waals surface area contributed by atoms with E-state index in [2.05, 4.69) is 23.9 Å². The van der Waals surface area contributed by atoms with Crippen molar-refractivity contribution in [2.24, 2.45) is 5.92 Å². The van der Waals surface area contributed by atoms with E-state index >= 15 is 0 Å². The van der Waals surface area contributed by atoms with Crippen molar-refractivity contribution in [3.05, 3.63) is 41.7 Å². The average molecular weight is 263 g/mol. The van der Waals surface area contributed by atoms with Gasteiger partial charge in [-0.25, -0.2) is 14.1 Å². The molecule has 0 aliphatic rings. The summed E-state index contributed by atoms with van der Waals surface area (Å²) >= 11 is 0. The Labute approximate surface area is 112 Å². The molecule has 0 bridgehead atoms. The smallest absolute Gasteiger partial charge is 0.164 e. The zero-order chi connectivity index (χ0) is 13.8. The fourth-order valence-corrected chi connectivity index (χ4v) is 1.82. The molecule has 0 radical (unpaired) electrons. The number of hydrogen-bond donors (Lipinski definition) is 0. The third kappa shape index (κ3) is 3.53. The zero-order valence-electron chi connectivity index (χ0n) is 11.4. The van der Waals surface area contributed by atoms with Crippen LogP contribution in [0.5, 0.6) is 5.75 Å². The Morgan fingerprint density at radius 1 is 1.37 bits per heavy atom. The monoisotopic (exact) mass is 263 g/mol. The number of nitrogens with zero attached hydrogens (tertiary/aromatic N) is 3. The summed E-state index contributed by atoms with van der Waals surface area (Å²) in [5.41, 5.74) is 0.773. The second kappa shape index (κ2) is 5.82. The number of halogens is 1. The fraction of sp³-hybridized carbons (Fsp3) is 0.429. The van der Waals surface area contributed by atoms with Crippen molar-refractivity contribution in [1.29, 1.82) is 0 Å². The second-order valence-electron chi connectivity index (χ2n) is 4.95. The lowest BCUT2D eigenvalue weighted by molar-refractivity contribution is 0.280. The summed E-state index contributed by atoms with van der Waals surface area (Å²) in [6.45, 7) is 7.20. The fourth-order valence-electron chi connectivity index (χ4n) is 1.82. The van der Waals surface area contributed by atoms with Crippen molar-refractivity contribution < 1.29 is 9.13 Å². The van der Waals surface area contributed by atoms with Crippen LogP contribution in [0.25, 0.3) is 0 Å². The summed E-state index contributed by atoms with van der Waals surface area (Å²) in [4.78, 5) is 4.18. The van der Waals surface area contributed by atoms with Crippen LogP contribution in [0.15, 0.2) is 24.5 Å². The maximum absolute atomic E-state index is 13.0. The summed E-state index contributed by atoms with van der Waals surface area (Å²) in [6, 6.07) is 4.48. The van der Waals surface area contributed by atoms with Crippen LogP contribution in [0.1, 0.15) is 25.2 Å². The van der Waals surface area contributed by atoms with Gasteiger partial charge in [-0.2, -0.15) is 5.10 Å². The molecule has 0 aliphatic heterocycles. The molecule has 1 aromatic carbocycles. The zero-order valence-corrected chi connectivity index (χ0v) is 11.4. The Balaban J connectivity index is 2.04. The van der Waals surface area contributed by atoms with Gasteiger partial charge in [-0.1, -0.05) is 13.8 Å². The van der Waals surface area contributed by atoms with Crippen molar-refractivity contribution in [1.82, 2.24) is 14.8 Å². The molecule has 4 nitrogen and oxygen atoms in total. The molecule has 0 amide bonds. The molecule has 2 aromatic rings. The van der Waals surface area contributed by atoms with E-state index in [9.17, 15) is 4.39 Å². The summed E-state index contributed by atoms with van der Waals surface area (Å²) < 4.78 is 20.5. The van der Waals surface area contributed by atoms with Gasteiger partial charge in [0.25, 0.3) is 0 Å². The van der Waals surface area contributed by atoms with E-state index in [0.29, 0.717) is 18.3 Å². The van der Waals surface area contributed by atoms with Crippen LogP contribution in [0.4, 0.5) is 4.39 Å². The van der Waals surface area contributed by atoms with Crippen LogP contribution in [-0.4, -0.2) is 14.8 Å². The number of rotatable bonds is 5.